The predicted molar refractivity (Wildman–Crippen MR) is 179 cm³/mol. The summed E-state index contributed by atoms with van der Waals surface area (Å²) < 4.78 is 6.37. The third-order valence-corrected chi connectivity index (χ3v) is 7.38. The number of amides is 1. The van der Waals surface area contributed by atoms with Gasteiger partial charge in [0.25, 0.3) is 0 Å². The Morgan fingerprint density at radius 1 is 0.976 bits per heavy atom. The summed E-state index contributed by atoms with van der Waals surface area (Å²) in [5.41, 5.74) is 5.81. The zero-order valence-corrected chi connectivity index (χ0v) is 27.6. The Labute approximate surface area is 257 Å². The molecule has 0 heterocycles. The molecule has 0 radical (unpaired) electrons. The monoisotopic (exact) mass is 578 g/mol. The molecule has 0 fully saturated rings. The van der Waals surface area contributed by atoms with Crippen LogP contribution in [0.5, 0.6) is 5.75 Å². The molecular weight excluding hydrogens is 520 g/mol. The number of allylic oxidation sites excluding steroid dienone is 6. The van der Waals surface area contributed by atoms with Crippen LogP contribution in [0.1, 0.15) is 129 Å². The minimum Gasteiger partial charge on any atom is -0.486 e. The van der Waals surface area contributed by atoms with E-state index >= 15 is 0 Å². The van der Waals surface area contributed by atoms with Crippen LogP contribution in [0.25, 0.3) is 0 Å². The van der Waals surface area contributed by atoms with E-state index in [0.717, 1.165) is 75.0 Å². The molecule has 234 valence electrons. The number of ketones is 1. The van der Waals surface area contributed by atoms with Crippen LogP contribution in [0.3, 0.4) is 0 Å². The van der Waals surface area contributed by atoms with Crippen molar-refractivity contribution in [2.45, 2.75) is 125 Å². The van der Waals surface area contributed by atoms with Crippen molar-refractivity contribution in [3.63, 3.8) is 0 Å². The van der Waals surface area contributed by atoms with Crippen LogP contribution in [-0.4, -0.2) is 30.9 Å². The minimum atomic E-state index is 0.0866. The lowest BCUT2D eigenvalue weighted by molar-refractivity contribution is -0.120. The van der Waals surface area contributed by atoms with E-state index in [9.17, 15) is 9.59 Å². The molecule has 5 nitrogen and oxygen atoms in total. The maximum Gasteiger partial charge on any atom is 0.223 e. The summed E-state index contributed by atoms with van der Waals surface area (Å²) in [5, 5.41) is 6.39. The zero-order valence-electron chi connectivity index (χ0n) is 27.6. The maximum atomic E-state index is 11.5. The van der Waals surface area contributed by atoms with Crippen LogP contribution < -0.4 is 15.4 Å². The second kappa shape index (κ2) is 22.6. The quantitative estimate of drug-likeness (QED) is 0.103. The van der Waals surface area contributed by atoms with Gasteiger partial charge in [-0.25, -0.2) is 0 Å². The smallest absolute Gasteiger partial charge is 0.223 e. The molecule has 2 rings (SSSR count). The van der Waals surface area contributed by atoms with Gasteiger partial charge in [0.2, 0.25) is 5.91 Å². The highest BCUT2D eigenvalue weighted by molar-refractivity contribution is 5.94. The maximum absolute atomic E-state index is 11.5. The Morgan fingerprint density at radius 2 is 1.71 bits per heavy atom. The molecule has 1 amide bonds. The van der Waals surface area contributed by atoms with Gasteiger partial charge in [0.05, 0.1) is 0 Å². The number of hydrogen-bond acceptors (Lipinski definition) is 4. The number of carbonyl (C=O) groups excluding carboxylic acids is 2. The highest BCUT2D eigenvalue weighted by Gasteiger charge is 2.18. The average molecular weight is 579 g/mol. The molecule has 0 saturated heterocycles. The summed E-state index contributed by atoms with van der Waals surface area (Å²) in [6.45, 7) is 16.4. The van der Waals surface area contributed by atoms with Crippen molar-refractivity contribution in [2.24, 2.45) is 0 Å². The standard InChI is InChI=1S/C24H35NO2.C13H23NO/c1-4-17-25-18-9-5-6-12-24(23-11-8-7-10-19(23)2)27-22-15-13-21(14-16-22)20(3)26;1-5-9-11(6-2)10-12(7-3)14-13(15)8-4/h8,11,13-16,24-25H,4-7,9-10,12,17-18H2,1-3H3;6,10H,5,7-9H2,1-4H3,(H,14,15)/b;11-6-,12-10+. The van der Waals surface area contributed by atoms with Crippen molar-refractivity contribution >= 4 is 11.7 Å². The summed E-state index contributed by atoms with van der Waals surface area (Å²) in [6, 6.07) is 7.54. The number of Topliss-reactive ketones (excluding diaryl/α,β-unsaturated/α-hetero) is 1. The number of ether oxygens (including phenoxy) is 1. The largest absolute Gasteiger partial charge is 0.486 e. The third-order valence-electron chi connectivity index (χ3n) is 7.38. The predicted octanol–water partition coefficient (Wildman–Crippen LogP) is 9.42. The molecule has 42 heavy (non-hydrogen) atoms. The number of nitrogens with one attached hydrogen (secondary N) is 2. The van der Waals surface area contributed by atoms with E-state index in [1.807, 2.05) is 38.1 Å². The van der Waals surface area contributed by atoms with Gasteiger partial charge in [-0.2, -0.15) is 0 Å². The van der Waals surface area contributed by atoms with Crippen molar-refractivity contribution in [3.8, 4) is 5.75 Å². The van der Waals surface area contributed by atoms with Crippen molar-refractivity contribution in [3.05, 3.63) is 76.5 Å². The molecule has 0 saturated carbocycles. The van der Waals surface area contributed by atoms with Gasteiger partial charge >= 0.3 is 0 Å². The van der Waals surface area contributed by atoms with Crippen molar-refractivity contribution < 1.29 is 14.3 Å². The molecule has 5 heteroatoms. The average Bonchev–Trinajstić information content (AvgIpc) is 3.00. The number of benzene rings is 1. The number of unbranched alkanes of at least 4 members (excludes halogenated alkanes) is 2. The van der Waals surface area contributed by atoms with Crippen LogP contribution in [0.4, 0.5) is 0 Å². The molecule has 1 unspecified atom stereocenters. The summed E-state index contributed by atoms with van der Waals surface area (Å²) in [7, 11) is 0. The first-order chi connectivity index (χ1) is 20.3. The summed E-state index contributed by atoms with van der Waals surface area (Å²) >= 11 is 0. The first kappa shape index (κ1) is 37.1. The first-order valence-electron chi connectivity index (χ1n) is 16.3. The molecule has 1 aromatic carbocycles. The van der Waals surface area contributed by atoms with Crippen molar-refractivity contribution in [1.29, 1.82) is 0 Å². The Morgan fingerprint density at radius 3 is 2.29 bits per heavy atom. The molecule has 1 aliphatic carbocycles. The number of carbonyl (C=O) groups is 2. The Balaban J connectivity index is 0.000000501. The van der Waals surface area contributed by atoms with Gasteiger partial charge < -0.3 is 15.4 Å². The second-order valence-electron chi connectivity index (χ2n) is 11.0. The van der Waals surface area contributed by atoms with E-state index in [2.05, 4.69) is 62.6 Å². The molecule has 0 aromatic heterocycles. The topological polar surface area (TPSA) is 67.4 Å². The Kier molecular flexibility index (Phi) is 20.0. The van der Waals surface area contributed by atoms with Crippen molar-refractivity contribution in [1.82, 2.24) is 10.6 Å². The molecule has 0 spiro atoms. The van der Waals surface area contributed by atoms with Crippen LogP contribution in [-0.2, 0) is 4.79 Å². The van der Waals surface area contributed by atoms with Gasteiger partial charge in [-0.15, -0.1) is 0 Å². The summed E-state index contributed by atoms with van der Waals surface area (Å²) in [6.07, 6.45) is 20.5. The third kappa shape index (κ3) is 15.3. The molecular formula is C37H58N2O3. The number of hydrogen-bond donors (Lipinski definition) is 2. The van der Waals surface area contributed by atoms with E-state index in [-0.39, 0.29) is 17.8 Å². The van der Waals surface area contributed by atoms with Gasteiger partial charge in [0.15, 0.2) is 5.78 Å². The second-order valence-corrected chi connectivity index (χ2v) is 11.0. The molecule has 1 aromatic rings. The lowest BCUT2D eigenvalue weighted by Crippen LogP contribution is -2.21. The van der Waals surface area contributed by atoms with Crippen LogP contribution in [0.2, 0.25) is 0 Å². The molecule has 1 atom stereocenters. The molecule has 0 aliphatic heterocycles. The van der Waals surface area contributed by atoms with E-state index in [1.54, 1.807) is 6.92 Å². The van der Waals surface area contributed by atoms with E-state index < -0.39 is 0 Å². The highest BCUT2D eigenvalue weighted by Crippen LogP contribution is 2.28. The van der Waals surface area contributed by atoms with E-state index in [0.29, 0.717) is 6.42 Å². The molecule has 2 N–H and O–H groups in total. The normalized spacial score (nSPS) is 14.3. The summed E-state index contributed by atoms with van der Waals surface area (Å²) in [4.78, 5) is 22.7. The fraction of sp³-hybridized carbons (Fsp3) is 0.568. The van der Waals surface area contributed by atoms with Crippen LogP contribution in [0, 0.1) is 0 Å². The SMILES string of the molecule is C/C=C(\C=C(/CC)NC(=O)CC)CCC.CCCNCCCCCC(Oc1ccc(C(C)=O)cc1)C1=C(C)CCC=C1. The van der Waals surface area contributed by atoms with E-state index in [4.69, 9.17) is 4.74 Å². The van der Waals surface area contributed by atoms with Gasteiger partial charge in [-0.3, -0.25) is 9.59 Å². The zero-order chi connectivity index (χ0) is 31.2. The molecule has 1 aliphatic rings. The van der Waals surface area contributed by atoms with Gasteiger partial charge in [0.1, 0.15) is 11.9 Å². The van der Waals surface area contributed by atoms with E-state index in [1.165, 1.54) is 36.0 Å². The van der Waals surface area contributed by atoms with Gasteiger partial charge in [-0.05, 0) is 121 Å². The Hall–Kier alpha value is -2.92. The van der Waals surface area contributed by atoms with Crippen LogP contribution in [0.15, 0.2) is 71.0 Å². The molecule has 0 bridgehead atoms. The highest BCUT2D eigenvalue weighted by atomic mass is 16.5. The Bertz CT molecular complexity index is 1050. The summed E-state index contributed by atoms with van der Waals surface area (Å²) in [5.74, 6) is 1.02. The lowest BCUT2D eigenvalue weighted by Gasteiger charge is -2.24. The fourth-order valence-corrected chi connectivity index (χ4v) is 4.75. The number of rotatable bonds is 18. The first-order valence-corrected chi connectivity index (χ1v) is 16.3. The van der Waals surface area contributed by atoms with Crippen LogP contribution >= 0.6 is 0 Å². The lowest BCUT2D eigenvalue weighted by atomic mass is 9.92. The fourth-order valence-electron chi connectivity index (χ4n) is 4.75. The van der Waals surface area contributed by atoms with Gasteiger partial charge in [-0.1, -0.05) is 69.9 Å². The van der Waals surface area contributed by atoms with Gasteiger partial charge in [0, 0.05) is 17.7 Å². The minimum absolute atomic E-state index is 0.0866. The van der Waals surface area contributed by atoms with Crippen molar-refractivity contribution in [2.75, 3.05) is 13.1 Å².